The van der Waals surface area contributed by atoms with Gasteiger partial charge in [0, 0.05) is 27.9 Å². The molecule has 0 atom stereocenters. The van der Waals surface area contributed by atoms with E-state index in [9.17, 15) is 0 Å². The van der Waals surface area contributed by atoms with Crippen LogP contribution in [0.1, 0.15) is 16.7 Å². The third kappa shape index (κ3) is 2.53. The number of anilines is 1. The smallest absolute Gasteiger partial charge is 0.0700 e. The third-order valence-corrected chi connectivity index (χ3v) is 4.85. The van der Waals surface area contributed by atoms with Crippen molar-refractivity contribution in [1.29, 1.82) is 0 Å². The highest BCUT2D eigenvalue weighted by Gasteiger charge is 2.11. The van der Waals surface area contributed by atoms with Gasteiger partial charge in [-0.3, -0.25) is 0 Å². The molecular formula is C21H19ClN2. The average Bonchev–Trinajstić information content (AvgIpc) is 2.99. The van der Waals surface area contributed by atoms with E-state index in [1.165, 1.54) is 38.5 Å². The minimum Gasteiger partial charge on any atom is -0.379 e. The van der Waals surface area contributed by atoms with Crippen LogP contribution in [0.3, 0.4) is 0 Å². The van der Waals surface area contributed by atoms with Crippen molar-refractivity contribution in [2.45, 2.75) is 20.4 Å². The van der Waals surface area contributed by atoms with Crippen LogP contribution in [0.2, 0.25) is 5.02 Å². The summed E-state index contributed by atoms with van der Waals surface area (Å²) in [6.07, 6.45) is 0. The second kappa shape index (κ2) is 5.88. The molecule has 0 unspecified atom stereocenters. The molecule has 0 amide bonds. The van der Waals surface area contributed by atoms with Crippen LogP contribution < -0.4 is 5.32 Å². The molecule has 2 N–H and O–H groups in total. The molecule has 0 aliphatic rings. The van der Waals surface area contributed by atoms with Crippen LogP contribution in [0.15, 0.2) is 54.6 Å². The summed E-state index contributed by atoms with van der Waals surface area (Å²) < 4.78 is 0. The number of fused-ring (bicyclic) bond motifs is 3. The van der Waals surface area contributed by atoms with E-state index in [1.807, 2.05) is 12.1 Å². The number of hydrogen-bond donors (Lipinski definition) is 2. The number of benzene rings is 3. The lowest BCUT2D eigenvalue weighted by molar-refractivity contribution is 1.15. The summed E-state index contributed by atoms with van der Waals surface area (Å²) in [5.41, 5.74) is 7.30. The predicted octanol–water partition coefficient (Wildman–Crippen LogP) is 6.20. The van der Waals surface area contributed by atoms with Crippen molar-refractivity contribution in [3.8, 4) is 0 Å². The normalized spacial score (nSPS) is 11.3. The SMILES string of the molecule is Cc1ccc(C)c2c1[nH]c1c(NCc3ccc(Cl)cc3)cccc12. The Morgan fingerprint density at radius 1 is 0.875 bits per heavy atom. The van der Waals surface area contributed by atoms with Crippen molar-refractivity contribution < 1.29 is 0 Å². The Morgan fingerprint density at radius 3 is 2.42 bits per heavy atom. The molecule has 2 nitrogen and oxygen atoms in total. The highest BCUT2D eigenvalue weighted by Crippen LogP contribution is 2.34. The summed E-state index contributed by atoms with van der Waals surface area (Å²) in [5.74, 6) is 0. The molecule has 0 aliphatic heterocycles. The Bertz CT molecular complexity index is 1030. The van der Waals surface area contributed by atoms with Gasteiger partial charge in [-0.15, -0.1) is 0 Å². The fourth-order valence-corrected chi connectivity index (χ4v) is 3.41. The summed E-state index contributed by atoms with van der Waals surface area (Å²) in [6.45, 7) is 5.09. The van der Waals surface area contributed by atoms with Gasteiger partial charge in [0.2, 0.25) is 0 Å². The third-order valence-electron chi connectivity index (χ3n) is 4.60. The second-order valence-corrected chi connectivity index (χ2v) is 6.72. The number of para-hydroxylation sites is 1. The van der Waals surface area contributed by atoms with E-state index in [-0.39, 0.29) is 0 Å². The number of hydrogen-bond acceptors (Lipinski definition) is 1. The molecule has 0 saturated heterocycles. The fourth-order valence-electron chi connectivity index (χ4n) is 3.29. The monoisotopic (exact) mass is 334 g/mol. The van der Waals surface area contributed by atoms with Gasteiger partial charge >= 0.3 is 0 Å². The van der Waals surface area contributed by atoms with Gasteiger partial charge in [0.25, 0.3) is 0 Å². The number of aryl methyl sites for hydroxylation is 2. The molecule has 1 heterocycles. The molecule has 0 saturated carbocycles. The Balaban J connectivity index is 1.77. The Morgan fingerprint density at radius 2 is 1.62 bits per heavy atom. The first-order chi connectivity index (χ1) is 11.6. The van der Waals surface area contributed by atoms with E-state index in [2.05, 4.69) is 66.6 Å². The van der Waals surface area contributed by atoms with Gasteiger partial charge in [-0.05, 0) is 48.7 Å². The van der Waals surface area contributed by atoms with E-state index in [1.54, 1.807) is 0 Å². The number of aromatic nitrogens is 1. The quantitative estimate of drug-likeness (QED) is 0.458. The summed E-state index contributed by atoms with van der Waals surface area (Å²) in [7, 11) is 0. The van der Waals surface area contributed by atoms with E-state index in [0.717, 1.165) is 17.3 Å². The van der Waals surface area contributed by atoms with Crippen molar-refractivity contribution >= 4 is 39.1 Å². The van der Waals surface area contributed by atoms with Crippen molar-refractivity contribution in [2.75, 3.05) is 5.32 Å². The fraction of sp³-hybridized carbons (Fsp3) is 0.143. The average molecular weight is 335 g/mol. The van der Waals surface area contributed by atoms with Crippen LogP contribution >= 0.6 is 11.6 Å². The van der Waals surface area contributed by atoms with Crippen molar-refractivity contribution in [3.63, 3.8) is 0 Å². The predicted molar refractivity (Wildman–Crippen MR) is 104 cm³/mol. The summed E-state index contributed by atoms with van der Waals surface area (Å²) >= 11 is 5.96. The summed E-state index contributed by atoms with van der Waals surface area (Å²) in [4.78, 5) is 3.62. The van der Waals surface area contributed by atoms with Crippen LogP contribution in [0.25, 0.3) is 21.8 Å². The topological polar surface area (TPSA) is 27.8 Å². The molecule has 3 heteroatoms. The van der Waals surface area contributed by atoms with Crippen molar-refractivity contribution in [1.82, 2.24) is 4.98 Å². The molecule has 0 spiro atoms. The minimum atomic E-state index is 0.766. The van der Waals surface area contributed by atoms with Crippen LogP contribution in [-0.4, -0.2) is 4.98 Å². The zero-order valence-corrected chi connectivity index (χ0v) is 14.5. The van der Waals surface area contributed by atoms with Crippen molar-refractivity contribution in [3.05, 3.63) is 76.3 Å². The molecule has 4 aromatic rings. The lowest BCUT2D eigenvalue weighted by Crippen LogP contribution is -1.99. The number of halogens is 1. The Kier molecular flexibility index (Phi) is 3.70. The van der Waals surface area contributed by atoms with Gasteiger partial charge in [-0.1, -0.05) is 48.0 Å². The maximum atomic E-state index is 5.96. The standard InChI is InChI=1S/C21H19ClN2/c1-13-6-7-14(2)20-19(13)17-4-3-5-18(21(17)24-20)23-12-15-8-10-16(22)11-9-15/h3-11,23-24H,12H2,1-2H3. The van der Waals surface area contributed by atoms with Gasteiger partial charge in [0.15, 0.2) is 0 Å². The lowest BCUT2D eigenvalue weighted by atomic mass is 10.0. The van der Waals surface area contributed by atoms with E-state index < -0.39 is 0 Å². The lowest BCUT2D eigenvalue weighted by Gasteiger charge is -2.08. The van der Waals surface area contributed by atoms with Gasteiger partial charge < -0.3 is 10.3 Å². The van der Waals surface area contributed by atoms with Gasteiger partial charge in [-0.2, -0.15) is 0 Å². The number of rotatable bonds is 3. The zero-order chi connectivity index (χ0) is 16.7. The van der Waals surface area contributed by atoms with Crippen molar-refractivity contribution in [2.24, 2.45) is 0 Å². The van der Waals surface area contributed by atoms with E-state index in [4.69, 9.17) is 11.6 Å². The maximum absolute atomic E-state index is 5.96. The molecule has 1 aromatic heterocycles. The second-order valence-electron chi connectivity index (χ2n) is 6.28. The largest absolute Gasteiger partial charge is 0.379 e. The number of H-pyrrole nitrogens is 1. The summed E-state index contributed by atoms with van der Waals surface area (Å²) in [5, 5.41) is 6.91. The van der Waals surface area contributed by atoms with Gasteiger partial charge in [0.05, 0.1) is 11.2 Å². The van der Waals surface area contributed by atoms with Crippen LogP contribution in [-0.2, 0) is 6.54 Å². The number of aromatic amines is 1. The molecule has 0 aliphatic carbocycles. The first-order valence-corrected chi connectivity index (χ1v) is 8.50. The number of nitrogens with one attached hydrogen (secondary N) is 2. The molecule has 3 aromatic carbocycles. The van der Waals surface area contributed by atoms with Crippen LogP contribution in [0, 0.1) is 13.8 Å². The first-order valence-electron chi connectivity index (χ1n) is 8.12. The molecular weight excluding hydrogens is 316 g/mol. The molecule has 24 heavy (non-hydrogen) atoms. The Labute approximate surface area is 146 Å². The zero-order valence-electron chi connectivity index (χ0n) is 13.8. The molecule has 120 valence electrons. The highest BCUT2D eigenvalue weighted by atomic mass is 35.5. The Hall–Kier alpha value is -2.45. The van der Waals surface area contributed by atoms with E-state index in [0.29, 0.717) is 0 Å². The van der Waals surface area contributed by atoms with Crippen LogP contribution in [0.5, 0.6) is 0 Å². The van der Waals surface area contributed by atoms with Gasteiger partial charge in [-0.25, -0.2) is 0 Å². The summed E-state index contributed by atoms with van der Waals surface area (Å²) in [6, 6.07) is 18.7. The minimum absolute atomic E-state index is 0.766. The van der Waals surface area contributed by atoms with E-state index >= 15 is 0 Å². The molecule has 4 rings (SSSR count). The molecule has 0 bridgehead atoms. The maximum Gasteiger partial charge on any atom is 0.0700 e. The highest BCUT2D eigenvalue weighted by molar-refractivity contribution is 6.30. The molecule has 0 fully saturated rings. The first kappa shape index (κ1) is 15.1. The van der Waals surface area contributed by atoms with Crippen LogP contribution in [0.4, 0.5) is 5.69 Å². The van der Waals surface area contributed by atoms with Gasteiger partial charge in [0.1, 0.15) is 0 Å². The molecule has 0 radical (unpaired) electrons.